The molecule has 1 aromatic heterocycles. The van der Waals surface area contributed by atoms with Gasteiger partial charge in [-0.2, -0.15) is 0 Å². The average Bonchev–Trinajstić information content (AvgIpc) is 2.67. The number of rotatable bonds is 6. The van der Waals surface area contributed by atoms with Crippen molar-refractivity contribution in [1.82, 2.24) is 14.8 Å². The zero-order valence-electron chi connectivity index (χ0n) is 12.8. The molecule has 0 spiro atoms. The molecule has 3 heteroatoms. The van der Waals surface area contributed by atoms with Crippen LogP contribution in [0, 0.1) is 0 Å². The predicted molar refractivity (Wildman–Crippen MR) is 81.6 cm³/mol. The zero-order chi connectivity index (χ0) is 13.7. The molecule has 2 rings (SSSR count). The number of nitrogens with one attached hydrogen (secondary N) is 1. The van der Waals surface area contributed by atoms with Gasteiger partial charge in [-0.1, -0.05) is 13.3 Å². The van der Waals surface area contributed by atoms with Crippen molar-refractivity contribution in [2.45, 2.75) is 51.6 Å². The molecule has 1 atom stereocenters. The smallest absolute Gasteiger partial charge is 0.0337 e. The lowest BCUT2D eigenvalue weighted by atomic mass is 10.0. The fourth-order valence-corrected chi connectivity index (χ4v) is 3.07. The van der Waals surface area contributed by atoms with Crippen molar-refractivity contribution in [2.24, 2.45) is 0 Å². The molecule has 0 saturated carbocycles. The van der Waals surface area contributed by atoms with Crippen molar-refractivity contribution in [2.75, 3.05) is 27.2 Å². The van der Waals surface area contributed by atoms with Gasteiger partial charge in [-0.25, -0.2) is 0 Å². The van der Waals surface area contributed by atoms with Crippen LogP contribution < -0.4 is 5.32 Å². The topological polar surface area (TPSA) is 20.2 Å². The van der Waals surface area contributed by atoms with Crippen molar-refractivity contribution in [3.8, 4) is 0 Å². The molecule has 1 aliphatic rings. The summed E-state index contributed by atoms with van der Waals surface area (Å²) in [5.41, 5.74) is 3.14. The Kier molecular flexibility index (Phi) is 5.46. The van der Waals surface area contributed by atoms with Gasteiger partial charge in [0, 0.05) is 25.0 Å². The maximum atomic E-state index is 3.65. The van der Waals surface area contributed by atoms with Gasteiger partial charge in [0.15, 0.2) is 0 Å². The Labute approximate surface area is 118 Å². The normalized spacial score (nSPS) is 19.5. The third-order valence-electron chi connectivity index (χ3n) is 4.03. The molecule has 1 N–H and O–H groups in total. The molecule has 1 heterocycles. The second-order valence-electron chi connectivity index (χ2n) is 5.99. The molecular formula is C16H29N3. The lowest BCUT2D eigenvalue weighted by Gasteiger charge is -2.15. The maximum absolute atomic E-state index is 3.65. The molecule has 0 saturated heterocycles. The van der Waals surface area contributed by atoms with Gasteiger partial charge in [-0.3, -0.25) is 0 Å². The second-order valence-corrected chi connectivity index (χ2v) is 5.99. The van der Waals surface area contributed by atoms with E-state index < -0.39 is 0 Å². The van der Waals surface area contributed by atoms with E-state index in [-0.39, 0.29) is 0 Å². The van der Waals surface area contributed by atoms with Crippen molar-refractivity contribution in [3.05, 3.63) is 23.5 Å². The van der Waals surface area contributed by atoms with E-state index in [1.807, 2.05) is 0 Å². The van der Waals surface area contributed by atoms with Crippen LogP contribution in [0.15, 0.2) is 12.4 Å². The van der Waals surface area contributed by atoms with E-state index in [9.17, 15) is 0 Å². The third kappa shape index (κ3) is 4.08. The molecule has 1 aromatic rings. The lowest BCUT2D eigenvalue weighted by Crippen LogP contribution is -2.20. The zero-order valence-corrected chi connectivity index (χ0v) is 12.8. The highest BCUT2D eigenvalue weighted by Gasteiger charge is 2.19. The van der Waals surface area contributed by atoms with Crippen molar-refractivity contribution in [1.29, 1.82) is 0 Å². The van der Waals surface area contributed by atoms with Crippen LogP contribution in [-0.4, -0.2) is 36.7 Å². The number of fused-ring (bicyclic) bond motifs is 1. The highest BCUT2D eigenvalue weighted by molar-refractivity contribution is 5.29. The number of aryl methyl sites for hydroxylation is 2. The summed E-state index contributed by atoms with van der Waals surface area (Å²) in [6.45, 7) is 5.58. The van der Waals surface area contributed by atoms with Crippen LogP contribution >= 0.6 is 0 Å². The fourth-order valence-electron chi connectivity index (χ4n) is 3.07. The first-order valence-electron chi connectivity index (χ1n) is 7.77. The third-order valence-corrected chi connectivity index (χ3v) is 4.03. The summed E-state index contributed by atoms with van der Waals surface area (Å²) in [4.78, 5) is 2.26. The average molecular weight is 263 g/mol. The maximum Gasteiger partial charge on any atom is 0.0337 e. The standard InChI is InChI=1S/C16H29N3/c1-4-17-16-9-6-5-8-14-12-19(13-15(14)16)11-7-10-18(2)3/h12-13,16-17H,4-11H2,1-3H3. The molecular weight excluding hydrogens is 234 g/mol. The molecule has 1 aliphatic carbocycles. The van der Waals surface area contributed by atoms with Crippen LogP contribution in [0.4, 0.5) is 0 Å². The predicted octanol–water partition coefficient (Wildman–Crippen LogP) is 2.82. The fraction of sp³-hybridized carbons (Fsp3) is 0.750. The van der Waals surface area contributed by atoms with E-state index in [0.717, 1.165) is 13.1 Å². The minimum absolute atomic E-state index is 0.581. The van der Waals surface area contributed by atoms with Gasteiger partial charge in [0.25, 0.3) is 0 Å². The molecule has 0 bridgehead atoms. The molecule has 1 unspecified atom stereocenters. The van der Waals surface area contributed by atoms with E-state index in [1.165, 1.54) is 38.6 Å². The lowest BCUT2D eigenvalue weighted by molar-refractivity contribution is 0.386. The van der Waals surface area contributed by atoms with Gasteiger partial charge < -0.3 is 14.8 Å². The molecule has 0 aromatic carbocycles. The van der Waals surface area contributed by atoms with Crippen molar-refractivity contribution < 1.29 is 0 Å². The Balaban J connectivity index is 2.02. The summed E-state index contributed by atoms with van der Waals surface area (Å²) in [5.74, 6) is 0. The molecule has 108 valence electrons. The van der Waals surface area contributed by atoms with Gasteiger partial charge in [0.1, 0.15) is 0 Å². The molecule has 0 aliphatic heterocycles. The number of hydrogen-bond acceptors (Lipinski definition) is 2. The van der Waals surface area contributed by atoms with E-state index in [4.69, 9.17) is 0 Å². The second kappa shape index (κ2) is 7.11. The summed E-state index contributed by atoms with van der Waals surface area (Å²) in [6.07, 6.45) is 11.3. The Morgan fingerprint density at radius 3 is 2.89 bits per heavy atom. The minimum atomic E-state index is 0.581. The van der Waals surface area contributed by atoms with Crippen LogP contribution in [0.2, 0.25) is 0 Å². The van der Waals surface area contributed by atoms with E-state index in [2.05, 4.69) is 48.2 Å². The monoisotopic (exact) mass is 263 g/mol. The van der Waals surface area contributed by atoms with E-state index in [1.54, 1.807) is 11.1 Å². The Bertz CT molecular complexity index is 381. The number of nitrogens with zero attached hydrogens (tertiary/aromatic N) is 2. The number of aromatic nitrogens is 1. The molecule has 0 fully saturated rings. The van der Waals surface area contributed by atoms with Gasteiger partial charge in [0.05, 0.1) is 0 Å². The van der Waals surface area contributed by atoms with Crippen LogP contribution in [-0.2, 0) is 13.0 Å². The number of hydrogen-bond donors (Lipinski definition) is 1. The first-order valence-corrected chi connectivity index (χ1v) is 7.77. The Morgan fingerprint density at radius 1 is 1.32 bits per heavy atom. The highest BCUT2D eigenvalue weighted by atomic mass is 15.1. The van der Waals surface area contributed by atoms with Gasteiger partial charge in [-0.15, -0.1) is 0 Å². The summed E-state index contributed by atoms with van der Waals surface area (Å²) in [5, 5.41) is 3.65. The summed E-state index contributed by atoms with van der Waals surface area (Å²) in [7, 11) is 4.29. The summed E-state index contributed by atoms with van der Waals surface area (Å²) < 4.78 is 2.41. The molecule has 3 nitrogen and oxygen atoms in total. The molecule has 0 radical (unpaired) electrons. The SMILES string of the molecule is CCNC1CCCCc2cn(CCCN(C)C)cc21. The van der Waals surface area contributed by atoms with Gasteiger partial charge >= 0.3 is 0 Å². The molecule has 0 amide bonds. The van der Waals surface area contributed by atoms with Crippen LogP contribution in [0.5, 0.6) is 0 Å². The molecule has 19 heavy (non-hydrogen) atoms. The largest absolute Gasteiger partial charge is 0.354 e. The summed E-state index contributed by atoms with van der Waals surface area (Å²) in [6, 6.07) is 0.581. The summed E-state index contributed by atoms with van der Waals surface area (Å²) >= 11 is 0. The Hall–Kier alpha value is -0.800. The van der Waals surface area contributed by atoms with Crippen LogP contribution in [0.3, 0.4) is 0 Å². The van der Waals surface area contributed by atoms with Gasteiger partial charge in [0.2, 0.25) is 0 Å². The minimum Gasteiger partial charge on any atom is -0.354 e. The van der Waals surface area contributed by atoms with E-state index in [0.29, 0.717) is 6.04 Å². The first kappa shape index (κ1) is 14.6. The van der Waals surface area contributed by atoms with E-state index >= 15 is 0 Å². The Morgan fingerprint density at radius 2 is 2.16 bits per heavy atom. The van der Waals surface area contributed by atoms with Crippen LogP contribution in [0.1, 0.15) is 49.8 Å². The quantitative estimate of drug-likeness (QED) is 0.796. The van der Waals surface area contributed by atoms with Crippen molar-refractivity contribution in [3.63, 3.8) is 0 Å². The highest BCUT2D eigenvalue weighted by Crippen LogP contribution is 2.29. The van der Waals surface area contributed by atoms with Gasteiger partial charge in [-0.05, 0) is 64.0 Å². The first-order chi connectivity index (χ1) is 9.20. The van der Waals surface area contributed by atoms with Crippen molar-refractivity contribution >= 4 is 0 Å². The van der Waals surface area contributed by atoms with Crippen LogP contribution in [0.25, 0.3) is 0 Å².